The fraction of sp³-hybridized carbons (Fsp3) is 0.125. The predicted octanol–water partition coefficient (Wildman–Crippen LogP) is 3.33. The molecular weight excluding hydrogens is 360 g/mol. The van der Waals surface area contributed by atoms with Crippen molar-refractivity contribution in [3.8, 4) is 17.1 Å². The molecule has 0 aliphatic rings. The number of thiazole rings is 1. The van der Waals surface area contributed by atoms with Gasteiger partial charge >= 0.3 is 0 Å². The van der Waals surface area contributed by atoms with Crippen LogP contribution in [0.1, 0.15) is 0 Å². The molecule has 0 aliphatic heterocycles. The maximum absolute atomic E-state index is 11.2. The third kappa shape index (κ3) is 4.46. The molecule has 0 saturated carbocycles. The largest absolute Gasteiger partial charge is 0.480 e. The molecule has 0 aliphatic carbocycles. The monoisotopic (exact) mass is 376 g/mol. The Morgan fingerprint density at radius 1 is 1.16 bits per heavy atom. The quantitative estimate of drug-likeness (QED) is 0.685. The summed E-state index contributed by atoms with van der Waals surface area (Å²) < 4.78 is 30.1. The van der Waals surface area contributed by atoms with Gasteiger partial charge in [-0.1, -0.05) is 12.1 Å². The predicted molar refractivity (Wildman–Crippen MR) is 100 cm³/mol. The van der Waals surface area contributed by atoms with Gasteiger partial charge in [0, 0.05) is 22.8 Å². The van der Waals surface area contributed by atoms with Crippen molar-refractivity contribution in [3.63, 3.8) is 0 Å². The van der Waals surface area contributed by atoms with E-state index in [0.29, 0.717) is 16.7 Å². The summed E-state index contributed by atoms with van der Waals surface area (Å²) in [5, 5.41) is 5.81. The highest BCUT2D eigenvalue weighted by Gasteiger charge is 2.09. The van der Waals surface area contributed by atoms with Crippen molar-refractivity contribution in [2.45, 2.75) is 0 Å². The van der Waals surface area contributed by atoms with Crippen LogP contribution in [0.2, 0.25) is 0 Å². The normalized spacial score (nSPS) is 11.1. The standard InChI is InChI=1S/C16H16N4O3S2/c1-23-15-13(4-3-9-17-15)18-16-19-14(10-24-16)11-5-7-12(8-6-11)20-25(2,21)22/h3-10,20H,1-2H3,(H,18,19). The van der Waals surface area contributed by atoms with Gasteiger partial charge in [-0.15, -0.1) is 11.3 Å². The van der Waals surface area contributed by atoms with Gasteiger partial charge in [-0.05, 0) is 24.3 Å². The molecular formula is C16H16N4O3S2. The van der Waals surface area contributed by atoms with Gasteiger partial charge in [-0.2, -0.15) is 0 Å². The molecule has 0 fully saturated rings. The van der Waals surface area contributed by atoms with Crippen LogP contribution >= 0.6 is 11.3 Å². The molecule has 1 aromatic carbocycles. The zero-order chi connectivity index (χ0) is 17.9. The third-order valence-corrected chi connectivity index (χ3v) is 4.56. The van der Waals surface area contributed by atoms with Crippen molar-refractivity contribution in [3.05, 3.63) is 48.0 Å². The van der Waals surface area contributed by atoms with Crippen molar-refractivity contribution in [1.82, 2.24) is 9.97 Å². The Labute approximate surface area is 149 Å². The van der Waals surface area contributed by atoms with Crippen molar-refractivity contribution in [2.24, 2.45) is 0 Å². The summed E-state index contributed by atoms with van der Waals surface area (Å²) in [5.41, 5.74) is 2.93. The summed E-state index contributed by atoms with van der Waals surface area (Å²) in [7, 11) is -1.72. The maximum Gasteiger partial charge on any atom is 0.237 e. The average Bonchev–Trinajstić information content (AvgIpc) is 3.03. The van der Waals surface area contributed by atoms with E-state index in [9.17, 15) is 8.42 Å². The average molecular weight is 376 g/mol. The van der Waals surface area contributed by atoms with Gasteiger partial charge in [0.05, 0.1) is 19.1 Å². The molecule has 0 saturated heterocycles. The van der Waals surface area contributed by atoms with Gasteiger partial charge in [-0.25, -0.2) is 18.4 Å². The van der Waals surface area contributed by atoms with Crippen LogP contribution in [0.15, 0.2) is 48.0 Å². The minimum Gasteiger partial charge on any atom is -0.480 e. The molecule has 0 atom stereocenters. The van der Waals surface area contributed by atoms with Crippen molar-refractivity contribution in [2.75, 3.05) is 23.4 Å². The lowest BCUT2D eigenvalue weighted by atomic mass is 10.1. The Morgan fingerprint density at radius 2 is 1.92 bits per heavy atom. The van der Waals surface area contributed by atoms with Gasteiger partial charge in [0.2, 0.25) is 15.9 Å². The zero-order valence-corrected chi connectivity index (χ0v) is 15.2. The molecule has 7 nitrogen and oxygen atoms in total. The number of ether oxygens (including phenoxy) is 1. The van der Waals surface area contributed by atoms with E-state index in [1.54, 1.807) is 25.4 Å². The molecule has 130 valence electrons. The lowest BCUT2D eigenvalue weighted by molar-refractivity contribution is 0.400. The SMILES string of the molecule is COc1ncccc1Nc1nc(-c2ccc(NS(C)(=O)=O)cc2)cs1. The number of anilines is 3. The Bertz CT molecular complexity index is 969. The number of sulfonamides is 1. The van der Waals surface area contributed by atoms with Crippen LogP contribution in [0.3, 0.4) is 0 Å². The molecule has 9 heteroatoms. The Balaban J connectivity index is 1.77. The van der Waals surface area contributed by atoms with E-state index in [-0.39, 0.29) is 0 Å². The van der Waals surface area contributed by atoms with E-state index < -0.39 is 10.0 Å². The van der Waals surface area contributed by atoms with Crippen LogP contribution in [-0.4, -0.2) is 31.8 Å². The molecule has 0 unspecified atom stereocenters. The topological polar surface area (TPSA) is 93.2 Å². The summed E-state index contributed by atoms with van der Waals surface area (Å²) in [6.07, 6.45) is 2.77. The molecule has 2 N–H and O–H groups in total. The number of nitrogens with zero attached hydrogens (tertiary/aromatic N) is 2. The third-order valence-electron chi connectivity index (χ3n) is 3.19. The van der Waals surface area contributed by atoms with Crippen LogP contribution in [0.4, 0.5) is 16.5 Å². The molecule has 3 rings (SSSR count). The van der Waals surface area contributed by atoms with Gasteiger partial charge in [0.1, 0.15) is 5.69 Å². The minimum atomic E-state index is -3.28. The van der Waals surface area contributed by atoms with Crippen LogP contribution in [-0.2, 0) is 10.0 Å². The van der Waals surface area contributed by atoms with Crippen LogP contribution in [0.25, 0.3) is 11.3 Å². The Hall–Kier alpha value is -2.65. The first kappa shape index (κ1) is 17.2. The summed E-state index contributed by atoms with van der Waals surface area (Å²) in [5.74, 6) is 0.496. The van der Waals surface area contributed by atoms with Crippen molar-refractivity contribution in [1.29, 1.82) is 0 Å². The summed E-state index contributed by atoms with van der Waals surface area (Å²) in [4.78, 5) is 8.67. The molecule has 0 radical (unpaired) electrons. The fourth-order valence-electron chi connectivity index (χ4n) is 2.15. The van der Waals surface area contributed by atoms with E-state index in [0.717, 1.165) is 23.2 Å². The summed E-state index contributed by atoms with van der Waals surface area (Å²) in [6, 6.07) is 10.7. The molecule has 0 amide bonds. The number of rotatable bonds is 6. The highest BCUT2D eigenvalue weighted by atomic mass is 32.2. The summed E-state index contributed by atoms with van der Waals surface area (Å²) >= 11 is 1.46. The maximum atomic E-state index is 11.2. The van der Waals surface area contributed by atoms with Gasteiger partial charge in [0.15, 0.2) is 5.13 Å². The molecule has 2 aromatic heterocycles. The number of hydrogen-bond donors (Lipinski definition) is 2. The molecule has 25 heavy (non-hydrogen) atoms. The molecule has 2 heterocycles. The lowest BCUT2D eigenvalue weighted by Crippen LogP contribution is -2.09. The Kier molecular flexibility index (Phi) is 4.86. The number of pyridine rings is 1. The van der Waals surface area contributed by atoms with Crippen molar-refractivity contribution >= 4 is 37.9 Å². The van der Waals surface area contributed by atoms with E-state index in [2.05, 4.69) is 20.0 Å². The second-order valence-corrected chi connectivity index (χ2v) is 7.78. The number of aromatic nitrogens is 2. The fourth-order valence-corrected chi connectivity index (χ4v) is 3.45. The molecule has 0 spiro atoms. The van der Waals surface area contributed by atoms with E-state index in [1.165, 1.54) is 11.3 Å². The number of nitrogens with one attached hydrogen (secondary N) is 2. The van der Waals surface area contributed by atoms with Crippen LogP contribution < -0.4 is 14.8 Å². The second-order valence-electron chi connectivity index (χ2n) is 5.17. The number of methoxy groups -OCH3 is 1. The molecule has 3 aromatic rings. The van der Waals surface area contributed by atoms with Crippen molar-refractivity contribution < 1.29 is 13.2 Å². The van der Waals surface area contributed by atoms with Crippen LogP contribution in [0, 0.1) is 0 Å². The first-order chi connectivity index (χ1) is 11.9. The first-order valence-electron chi connectivity index (χ1n) is 7.24. The Morgan fingerprint density at radius 3 is 2.60 bits per heavy atom. The number of hydrogen-bond acceptors (Lipinski definition) is 7. The molecule has 0 bridgehead atoms. The van der Waals surface area contributed by atoms with Gasteiger partial charge in [-0.3, -0.25) is 4.72 Å². The highest BCUT2D eigenvalue weighted by Crippen LogP contribution is 2.30. The zero-order valence-electron chi connectivity index (χ0n) is 13.6. The first-order valence-corrected chi connectivity index (χ1v) is 10.0. The van der Waals surface area contributed by atoms with E-state index >= 15 is 0 Å². The lowest BCUT2D eigenvalue weighted by Gasteiger charge is -2.06. The van der Waals surface area contributed by atoms with E-state index in [4.69, 9.17) is 4.74 Å². The highest BCUT2D eigenvalue weighted by molar-refractivity contribution is 7.92. The van der Waals surface area contributed by atoms with Crippen LogP contribution in [0.5, 0.6) is 5.88 Å². The van der Waals surface area contributed by atoms with Gasteiger partial charge in [0.25, 0.3) is 0 Å². The second kappa shape index (κ2) is 7.08. The van der Waals surface area contributed by atoms with Gasteiger partial charge < -0.3 is 10.1 Å². The van der Waals surface area contributed by atoms with E-state index in [1.807, 2.05) is 29.6 Å². The summed E-state index contributed by atoms with van der Waals surface area (Å²) in [6.45, 7) is 0. The minimum absolute atomic E-state index is 0.496. The smallest absolute Gasteiger partial charge is 0.237 e. The number of benzene rings is 1.